The van der Waals surface area contributed by atoms with Gasteiger partial charge in [0.05, 0.1) is 21.4 Å². The molecule has 1 aliphatic carbocycles. The number of furan rings is 1. The molecule has 0 fully saturated rings. The van der Waals surface area contributed by atoms with Gasteiger partial charge >= 0.3 is 0 Å². The predicted octanol–water partition coefficient (Wildman–Crippen LogP) is 4.10. The Morgan fingerprint density at radius 2 is 1.86 bits per heavy atom. The Hall–Kier alpha value is -2.51. The number of fused-ring (bicyclic) bond motifs is 1. The van der Waals surface area contributed by atoms with Gasteiger partial charge in [0.2, 0.25) is 5.96 Å². The SMILES string of the molecule is Cc1c(C(=O)Nc2c(Cl)cccc2Cl)oc2c1/C(=N\N=C(N)N)CC(C)(C)C2. The molecule has 1 amide bonds. The molecular weight excluding hydrogens is 401 g/mol. The van der Waals surface area contributed by atoms with Crippen LogP contribution in [0.5, 0.6) is 0 Å². The van der Waals surface area contributed by atoms with Gasteiger partial charge in [-0.25, -0.2) is 0 Å². The van der Waals surface area contributed by atoms with Crippen molar-refractivity contribution in [3.05, 3.63) is 50.9 Å². The molecule has 3 rings (SSSR count). The molecule has 0 saturated heterocycles. The number of nitrogens with two attached hydrogens (primary N) is 2. The number of amides is 1. The predicted molar refractivity (Wildman–Crippen MR) is 112 cm³/mol. The summed E-state index contributed by atoms with van der Waals surface area (Å²) in [5.74, 6) is 0.274. The molecule has 1 heterocycles. The van der Waals surface area contributed by atoms with Crippen molar-refractivity contribution < 1.29 is 9.21 Å². The molecule has 0 atom stereocenters. The van der Waals surface area contributed by atoms with Crippen LogP contribution in [0.25, 0.3) is 0 Å². The van der Waals surface area contributed by atoms with Gasteiger partial charge in [0.15, 0.2) is 5.76 Å². The summed E-state index contributed by atoms with van der Waals surface area (Å²) in [4.78, 5) is 12.9. The third-order valence-corrected chi connectivity index (χ3v) is 5.12. The lowest BCUT2D eigenvalue weighted by Gasteiger charge is -2.29. The zero-order valence-electron chi connectivity index (χ0n) is 15.8. The number of benzene rings is 1. The molecule has 1 aliphatic rings. The summed E-state index contributed by atoms with van der Waals surface area (Å²) < 4.78 is 5.93. The standard InChI is InChI=1S/C19H21Cl2N5O2/c1-9-14-12(25-26-18(22)23)7-19(2,3)8-13(14)28-16(9)17(27)24-15-10(20)5-4-6-11(15)21/h4-6H,7-8H2,1-3H3,(H,24,27)(H4,22,23,26)/b25-12-. The Kier molecular flexibility index (Phi) is 5.41. The molecule has 2 aromatic rings. The molecule has 0 bridgehead atoms. The molecule has 0 saturated carbocycles. The summed E-state index contributed by atoms with van der Waals surface area (Å²) in [5.41, 5.74) is 13.1. The van der Waals surface area contributed by atoms with Crippen molar-refractivity contribution >= 4 is 46.5 Å². The first-order valence-electron chi connectivity index (χ1n) is 8.62. The number of carbonyl (C=O) groups is 1. The van der Waals surface area contributed by atoms with Gasteiger partial charge in [-0.15, -0.1) is 5.10 Å². The normalized spacial score (nSPS) is 16.5. The molecule has 0 aliphatic heterocycles. The van der Waals surface area contributed by atoms with Crippen LogP contribution in [-0.2, 0) is 6.42 Å². The number of hydrogen-bond acceptors (Lipinski definition) is 4. The number of nitrogens with zero attached hydrogens (tertiary/aromatic N) is 2. The van der Waals surface area contributed by atoms with Crippen molar-refractivity contribution in [2.24, 2.45) is 27.1 Å². The Labute approximate surface area is 172 Å². The van der Waals surface area contributed by atoms with E-state index in [1.807, 2.05) is 0 Å². The highest BCUT2D eigenvalue weighted by molar-refractivity contribution is 6.40. The van der Waals surface area contributed by atoms with Crippen LogP contribution in [0.2, 0.25) is 10.0 Å². The van der Waals surface area contributed by atoms with E-state index >= 15 is 0 Å². The topological polar surface area (TPSA) is 119 Å². The lowest BCUT2D eigenvalue weighted by molar-refractivity contribution is 0.0993. The van der Waals surface area contributed by atoms with Crippen LogP contribution in [0.3, 0.4) is 0 Å². The Bertz CT molecular complexity index is 984. The van der Waals surface area contributed by atoms with E-state index in [2.05, 4.69) is 29.4 Å². The van der Waals surface area contributed by atoms with E-state index in [4.69, 9.17) is 39.1 Å². The number of guanidine groups is 1. The van der Waals surface area contributed by atoms with Gasteiger partial charge in [0.25, 0.3) is 5.91 Å². The molecule has 1 aromatic carbocycles. The number of rotatable bonds is 3. The monoisotopic (exact) mass is 421 g/mol. The third kappa shape index (κ3) is 4.00. The second kappa shape index (κ2) is 7.48. The van der Waals surface area contributed by atoms with Crippen molar-refractivity contribution in [1.82, 2.24) is 0 Å². The van der Waals surface area contributed by atoms with Gasteiger partial charge < -0.3 is 21.2 Å². The highest BCUT2D eigenvalue weighted by Gasteiger charge is 2.36. The van der Waals surface area contributed by atoms with Crippen LogP contribution in [0.4, 0.5) is 5.69 Å². The number of halogens is 2. The number of hydrogen-bond donors (Lipinski definition) is 3. The average molecular weight is 422 g/mol. The number of para-hydroxylation sites is 1. The molecule has 7 nitrogen and oxygen atoms in total. The molecule has 1 aromatic heterocycles. The van der Waals surface area contributed by atoms with Crippen LogP contribution < -0.4 is 16.8 Å². The number of nitrogens with one attached hydrogen (secondary N) is 1. The van der Waals surface area contributed by atoms with E-state index in [-0.39, 0.29) is 17.1 Å². The molecule has 0 radical (unpaired) electrons. The zero-order chi connectivity index (χ0) is 20.6. The Balaban J connectivity index is 2.03. The smallest absolute Gasteiger partial charge is 0.291 e. The fourth-order valence-corrected chi connectivity index (χ4v) is 3.81. The maximum absolute atomic E-state index is 12.9. The van der Waals surface area contributed by atoms with Crippen molar-refractivity contribution in [2.75, 3.05) is 5.32 Å². The minimum absolute atomic E-state index is 0.116. The third-order valence-electron chi connectivity index (χ3n) is 4.49. The van der Waals surface area contributed by atoms with Crippen LogP contribution in [0, 0.1) is 12.3 Å². The summed E-state index contributed by atoms with van der Waals surface area (Å²) in [6.45, 7) is 5.97. The molecule has 0 unspecified atom stereocenters. The first-order chi connectivity index (χ1) is 13.1. The number of anilines is 1. The van der Waals surface area contributed by atoms with E-state index in [1.54, 1.807) is 25.1 Å². The lowest BCUT2D eigenvalue weighted by Crippen LogP contribution is -2.27. The van der Waals surface area contributed by atoms with E-state index in [1.165, 1.54) is 0 Å². The molecule has 148 valence electrons. The first-order valence-corrected chi connectivity index (χ1v) is 9.38. The summed E-state index contributed by atoms with van der Waals surface area (Å²) >= 11 is 12.3. The second-order valence-electron chi connectivity index (χ2n) is 7.49. The lowest BCUT2D eigenvalue weighted by atomic mass is 9.75. The zero-order valence-corrected chi connectivity index (χ0v) is 17.3. The fourth-order valence-electron chi connectivity index (χ4n) is 3.32. The van der Waals surface area contributed by atoms with Crippen LogP contribution in [-0.4, -0.2) is 17.6 Å². The molecule has 5 N–H and O–H groups in total. The van der Waals surface area contributed by atoms with Crippen LogP contribution in [0.1, 0.15) is 47.7 Å². The highest BCUT2D eigenvalue weighted by atomic mass is 35.5. The minimum Gasteiger partial charge on any atom is -0.455 e. The molecule has 0 spiro atoms. The van der Waals surface area contributed by atoms with Gasteiger partial charge in [-0.2, -0.15) is 5.10 Å². The second-order valence-corrected chi connectivity index (χ2v) is 8.31. The van der Waals surface area contributed by atoms with Crippen molar-refractivity contribution in [3.8, 4) is 0 Å². The Morgan fingerprint density at radius 3 is 2.46 bits per heavy atom. The van der Waals surface area contributed by atoms with Crippen molar-refractivity contribution in [3.63, 3.8) is 0 Å². The maximum Gasteiger partial charge on any atom is 0.291 e. The van der Waals surface area contributed by atoms with E-state index in [9.17, 15) is 4.79 Å². The van der Waals surface area contributed by atoms with Gasteiger partial charge in [0.1, 0.15) is 5.76 Å². The highest BCUT2D eigenvalue weighted by Crippen LogP contribution is 2.39. The van der Waals surface area contributed by atoms with Crippen molar-refractivity contribution in [1.29, 1.82) is 0 Å². The quantitative estimate of drug-likeness (QED) is 0.392. The van der Waals surface area contributed by atoms with E-state index < -0.39 is 5.91 Å². The van der Waals surface area contributed by atoms with Crippen LogP contribution >= 0.6 is 23.2 Å². The average Bonchev–Trinajstić information content (AvgIpc) is 2.91. The Morgan fingerprint density at radius 1 is 1.21 bits per heavy atom. The molecule has 9 heteroatoms. The van der Waals surface area contributed by atoms with Crippen molar-refractivity contribution in [2.45, 2.75) is 33.6 Å². The molecular formula is C19H21Cl2N5O2. The van der Waals surface area contributed by atoms with E-state index in [0.29, 0.717) is 45.6 Å². The summed E-state index contributed by atoms with van der Waals surface area (Å²) in [6, 6.07) is 4.99. The fraction of sp³-hybridized carbons (Fsp3) is 0.316. The number of carbonyl (C=O) groups excluding carboxylic acids is 1. The van der Waals surface area contributed by atoms with Gasteiger partial charge in [-0.05, 0) is 30.9 Å². The summed E-state index contributed by atoms with van der Waals surface area (Å²) in [7, 11) is 0. The largest absolute Gasteiger partial charge is 0.455 e. The minimum atomic E-state index is -0.444. The van der Waals surface area contributed by atoms with Gasteiger partial charge in [-0.3, -0.25) is 4.79 Å². The summed E-state index contributed by atoms with van der Waals surface area (Å²) in [5, 5.41) is 11.4. The van der Waals surface area contributed by atoms with Gasteiger partial charge in [0, 0.05) is 17.5 Å². The summed E-state index contributed by atoms with van der Waals surface area (Å²) in [6.07, 6.45) is 1.30. The van der Waals surface area contributed by atoms with E-state index in [0.717, 1.165) is 5.56 Å². The first kappa shape index (κ1) is 20.2. The maximum atomic E-state index is 12.9. The molecule has 28 heavy (non-hydrogen) atoms. The van der Waals surface area contributed by atoms with Crippen LogP contribution in [0.15, 0.2) is 32.8 Å². The van der Waals surface area contributed by atoms with Gasteiger partial charge in [-0.1, -0.05) is 43.1 Å².